The topological polar surface area (TPSA) is 86.1 Å². The lowest BCUT2D eigenvalue weighted by Gasteiger charge is -2.25. The molecule has 3 aromatic rings. The van der Waals surface area contributed by atoms with Crippen molar-refractivity contribution in [2.75, 3.05) is 7.11 Å². The summed E-state index contributed by atoms with van der Waals surface area (Å²) in [5, 5.41) is 14.7. The number of benzene rings is 2. The number of allylic oxidation sites excluding steroid dienone is 1. The van der Waals surface area contributed by atoms with Crippen molar-refractivity contribution in [1.29, 1.82) is 5.26 Å². The Kier molecular flexibility index (Phi) is 4.73. The largest absolute Gasteiger partial charge is 0.497 e. The lowest BCUT2D eigenvalue weighted by Crippen LogP contribution is -2.22. The molecule has 6 nitrogen and oxygen atoms in total. The first-order valence-electron chi connectivity index (χ1n) is 9.45. The van der Waals surface area contributed by atoms with Gasteiger partial charge in [0.15, 0.2) is 0 Å². The first-order chi connectivity index (χ1) is 14.0. The average molecular weight is 386 g/mol. The van der Waals surface area contributed by atoms with Gasteiger partial charge < -0.3 is 15.2 Å². The number of fused-ring (bicyclic) bond motifs is 1. The summed E-state index contributed by atoms with van der Waals surface area (Å²) in [7, 11) is 1.63. The van der Waals surface area contributed by atoms with Gasteiger partial charge in [0.1, 0.15) is 17.4 Å². The summed E-state index contributed by atoms with van der Waals surface area (Å²) in [5.74, 6) is 1.19. The molecule has 0 spiro atoms. The van der Waals surface area contributed by atoms with Crippen LogP contribution in [-0.4, -0.2) is 16.9 Å². The van der Waals surface area contributed by atoms with Gasteiger partial charge in [-0.2, -0.15) is 10.4 Å². The van der Waals surface area contributed by atoms with E-state index < -0.39 is 0 Å². The number of nitrogens with two attached hydrogens (primary N) is 1. The average Bonchev–Trinajstić information content (AvgIpc) is 3.12. The van der Waals surface area contributed by atoms with E-state index in [-0.39, 0.29) is 17.7 Å². The van der Waals surface area contributed by atoms with Gasteiger partial charge >= 0.3 is 0 Å². The summed E-state index contributed by atoms with van der Waals surface area (Å²) in [6.45, 7) is 4.16. The highest BCUT2D eigenvalue weighted by Crippen LogP contribution is 2.46. The molecule has 0 bridgehead atoms. The summed E-state index contributed by atoms with van der Waals surface area (Å²) in [6, 6.07) is 19.7. The molecule has 0 saturated heterocycles. The first kappa shape index (κ1) is 18.6. The van der Waals surface area contributed by atoms with Gasteiger partial charge in [-0.05, 0) is 35.7 Å². The summed E-state index contributed by atoms with van der Waals surface area (Å²) in [5.41, 5.74) is 10.1. The van der Waals surface area contributed by atoms with Crippen molar-refractivity contribution in [3.63, 3.8) is 0 Å². The number of hydrogen-bond acceptors (Lipinski definition) is 5. The zero-order valence-electron chi connectivity index (χ0n) is 16.6. The molecule has 2 heterocycles. The molecule has 1 aliphatic rings. The minimum atomic E-state index is -0.357. The van der Waals surface area contributed by atoms with Crippen molar-refractivity contribution < 1.29 is 9.47 Å². The minimum absolute atomic E-state index is 0.105. The second-order valence-electron chi connectivity index (χ2n) is 7.20. The lowest BCUT2D eigenvalue weighted by atomic mass is 9.82. The molecule has 1 aliphatic heterocycles. The van der Waals surface area contributed by atoms with E-state index in [1.807, 2.05) is 54.6 Å². The third-order valence-electron chi connectivity index (χ3n) is 5.07. The van der Waals surface area contributed by atoms with E-state index in [2.05, 4.69) is 19.9 Å². The smallest absolute Gasteiger partial charge is 0.229 e. The number of aromatic nitrogens is 2. The van der Waals surface area contributed by atoms with Crippen molar-refractivity contribution in [2.45, 2.75) is 25.7 Å². The Morgan fingerprint density at radius 1 is 1.14 bits per heavy atom. The van der Waals surface area contributed by atoms with Crippen LogP contribution in [0.2, 0.25) is 0 Å². The highest BCUT2D eigenvalue weighted by molar-refractivity contribution is 5.58. The Hall–Kier alpha value is -3.72. The molecular formula is C23H22N4O2. The third kappa shape index (κ3) is 3.11. The quantitative estimate of drug-likeness (QED) is 0.725. The number of nitriles is 1. The van der Waals surface area contributed by atoms with Crippen LogP contribution in [0, 0.1) is 11.3 Å². The zero-order valence-corrected chi connectivity index (χ0v) is 16.6. The summed E-state index contributed by atoms with van der Waals surface area (Å²) >= 11 is 0. The second kappa shape index (κ2) is 7.36. The predicted octanol–water partition coefficient (Wildman–Crippen LogP) is 4.22. The molecule has 2 N–H and O–H groups in total. The van der Waals surface area contributed by atoms with E-state index in [1.54, 1.807) is 11.8 Å². The molecule has 1 unspecified atom stereocenters. The summed E-state index contributed by atoms with van der Waals surface area (Å²) < 4.78 is 13.0. The fraction of sp³-hybridized carbons (Fsp3) is 0.217. The Balaban J connectivity index is 1.98. The van der Waals surface area contributed by atoms with Crippen LogP contribution >= 0.6 is 0 Å². The van der Waals surface area contributed by atoms with E-state index in [0.29, 0.717) is 11.5 Å². The fourth-order valence-electron chi connectivity index (χ4n) is 3.67. The van der Waals surface area contributed by atoms with Crippen LogP contribution in [0.1, 0.15) is 42.5 Å². The monoisotopic (exact) mass is 386 g/mol. The maximum Gasteiger partial charge on any atom is 0.229 e. The van der Waals surface area contributed by atoms with Crippen LogP contribution in [0.4, 0.5) is 0 Å². The molecule has 6 heteroatoms. The van der Waals surface area contributed by atoms with E-state index in [9.17, 15) is 5.26 Å². The van der Waals surface area contributed by atoms with Crippen LogP contribution in [0.3, 0.4) is 0 Å². The van der Waals surface area contributed by atoms with Gasteiger partial charge in [0, 0.05) is 0 Å². The van der Waals surface area contributed by atoms with Gasteiger partial charge in [0.05, 0.1) is 30.0 Å². The Labute approximate surface area is 169 Å². The van der Waals surface area contributed by atoms with Gasteiger partial charge in [-0.15, -0.1) is 0 Å². The zero-order chi connectivity index (χ0) is 20.5. The van der Waals surface area contributed by atoms with Crippen LogP contribution in [0.25, 0.3) is 5.69 Å². The molecule has 2 aromatic carbocycles. The number of ether oxygens (including phenoxy) is 2. The number of hydrogen-bond donors (Lipinski definition) is 1. The highest BCUT2D eigenvalue weighted by Gasteiger charge is 2.37. The number of rotatable bonds is 4. The van der Waals surface area contributed by atoms with Gasteiger partial charge in [-0.1, -0.05) is 44.2 Å². The van der Waals surface area contributed by atoms with E-state index in [0.717, 1.165) is 28.3 Å². The molecule has 1 atom stereocenters. The molecule has 0 radical (unpaired) electrons. The maximum atomic E-state index is 9.85. The maximum absolute atomic E-state index is 9.85. The van der Waals surface area contributed by atoms with E-state index in [4.69, 9.17) is 20.3 Å². The van der Waals surface area contributed by atoms with Crippen LogP contribution in [-0.2, 0) is 0 Å². The van der Waals surface area contributed by atoms with Crippen LogP contribution in [0.5, 0.6) is 11.6 Å². The SMILES string of the molecule is COc1ccc(C2C(C#N)=C(N)Oc3c2c(C(C)C)nn3-c2ccccc2)cc1. The Bertz CT molecular complexity index is 1110. The molecule has 0 fully saturated rings. The van der Waals surface area contributed by atoms with Crippen molar-refractivity contribution in [2.24, 2.45) is 5.73 Å². The van der Waals surface area contributed by atoms with Gasteiger partial charge in [-0.25, -0.2) is 4.68 Å². The third-order valence-corrected chi connectivity index (χ3v) is 5.07. The number of para-hydroxylation sites is 1. The molecular weight excluding hydrogens is 364 g/mol. The lowest BCUT2D eigenvalue weighted by molar-refractivity contribution is 0.367. The van der Waals surface area contributed by atoms with Crippen LogP contribution in [0.15, 0.2) is 66.1 Å². The molecule has 1 aromatic heterocycles. The van der Waals surface area contributed by atoms with Gasteiger partial charge in [0.2, 0.25) is 11.8 Å². The van der Waals surface area contributed by atoms with Crippen molar-refractivity contribution in [1.82, 2.24) is 9.78 Å². The number of methoxy groups -OCH3 is 1. The fourth-order valence-corrected chi connectivity index (χ4v) is 3.67. The van der Waals surface area contributed by atoms with Crippen molar-refractivity contribution in [3.8, 4) is 23.4 Å². The highest BCUT2D eigenvalue weighted by atomic mass is 16.5. The van der Waals surface area contributed by atoms with Crippen LogP contribution < -0.4 is 15.2 Å². The molecule has 29 heavy (non-hydrogen) atoms. The van der Waals surface area contributed by atoms with Gasteiger partial charge in [-0.3, -0.25) is 0 Å². The van der Waals surface area contributed by atoms with E-state index >= 15 is 0 Å². The molecule has 0 saturated carbocycles. The van der Waals surface area contributed by atoms with Gasteiger partial charge in [0.25, 0.3) is 0 Å². The van der Waals surface area contributed by atoms with Crippen molar-refractivity contribution in [3.05, 3.63) is 82.9 Å². The molecule has 0 aliphatic carbocycles. The molecule has 146 valence electrons. The first-order valence-corrected chi connectivity index (χ1v) is 9.45. The number of nitrogens with zero attached hydrogens (tertiary/aromatic N) is 3. The predicted molar refractivity (Wildman–Crippen MR) is 110 cm³/mol. The van der Waals surface area contributed by atoms with Crippen molar-refractivity contribution >= 4 is 0 Å². The Morgan fingerprint density at radius 2 is 1.83 bits per heavy atom. The second-order valence-corrected chi connectivity index (χ2v) is 7.20. The normalized spacial score (nSPS) is 15.6. The Morgan fingerprint density at radius 3 is 2.41 bits per heavy atom. The summed E-state index contributed by atoms with van der Waals surface area (Å²) in [6.07, 6.45) is 0. The molecule has 0 amide bonds. The summed E-state index contributed by atoms with van der Waals surface area (Å²) in [4.78, 5) is 0. The standard InChI is InChI=1S/C23H22N4O2/c1-14(2)21-20-19(15-9-11-17(28-3)12-10-15)18(13-24)22(25)29-23(20)27(26-21)16-7-5-4-6-8-16/h4-12,14,19H,25H2,1-3H3. The van der Waals surface area contributed by atoms with E-state index in [1.165, 1.54) is 0 Å². The molecule has 4 rings (SSSR count). The minimum Gasteiger partial charge on any atom is -0.497 e.